The van der Waals surface area contributed by atoms with Crippen LogP contribution in [0.25, 0.3) is 0 Å². The van der Waals surface area contributed by atoms with Crippen molar-refractivity contribution in [2.24, 2.45) is 5.73 Å². The van der Waals surface area contributed by atoms with Crippen LogP contribution in [0.15, 0.2) is 23.5 Å². The fraction of sp³-hybridized carbons (Fsp3) is 0.400. The summed E-state index contributed by atoms with van der Waals surface area (Å²) in [6.45, 7) is 2.54. The zero-order valence-electron chi connectivity index (χ0n) is 10.5. The van der Waals surface area contributed by atoms with Crippen LogP contribution in [-0.2, 0) is 23.1 Å². The summed E-state index contributed by atoms with van der Waals surface area (Å²) in [5.74, 6) is 0. The maximum absolute atomic E-state index is 12.1. The number of hydrogen-bond donors (Lipinski definition) is 3. The number of sulfonamides is 1. The summed E-state index contributed by atoms with van der Waals surface area (Å²) in [4.78, 5) is 0. The van der Waals surface area contributed by atoms with Gasteiger partial charge in [0, 0.05) is 36.7 Å². The monoisotopic (exact) mass is 284 g/mol. The van der Waals surface area contributed by atoms with Gasteiger partial charge in [-0.25, -0.2) is 13.1 Å². The van der Waals surface area contributed by atoms with Gasteiger partial charge in [-0.05, 0) is 13.0 Å². The highest BCUT2D eigenvalue weighted by molar-refractivity contribution is 7.89. The first-order chi connectivity index (χ1) is 9.04. The van der Waals surface area contributed by atoms with Gasteiger partial charge < -0.3 is 5.73 Å². The number of aromatic amines is 1. The van der Waals surface area contributed by atoms with Gasteiger partial charge in [0.2, 0.25) is 0 Å². The highest BCUT2D eigenvalue weighted by Gasteiger charge is 2.22. The Hall–Kier alpha value is -1.71. The van der Waals surface area contributed by atoms with Gasteiger partial charge in [0.1, 0.15) is 0 Å². The van der Waals surface area contributed by atoms with E-state index in [9.17, 15) is 8.42 Å². The van der Waals surface area contributed by atoms with E-state index in [1.165, 1.54) is 0 Å². The molecule has 0 unspecified atom stereocenters. The third-order valence-electron chi connectivity index (χ3n) is 2.69. The van der Waals surface area contributed by atoms with Crippen molar-refractivity contribution in [2.45, 2.75) is 25.0 Å². The van der Waals surface area contributed by atoms with Crippen LogP contribution >= 0.6 is 0 Å². The maximum atomic E-state index is 12.1. The largest absolute Gasteiger partial charge is 0.326 e. The first kappa shape index (κ1) is 13.7. The van der Waals surface area contributed by atoms with Crippen LogP contribution in [0.3, 0.4) is 0 Å². The first-order valence-corrected chi connectivity index (χ1v) is 7.24. The average molecular weight is 284 g/mol. The molecule has 0 saturated carbocycles. The number of H-pyrrole nitrogens is 1. The summed E-state index contributed by atoms with van der Waals surface area (Å²) in [6, 6.07) is 1.78. The van der Waals surface area contributed by atoms with Crippen molar-refractivity contribution in [3.63, 3.8) is 0 Å². The van der Waals surface area contributed by atoms with E-state index < -0.39 is 10.0 Å². The molecule has 8 nitrogen and oxygen atoms in total. The Morgan fingerprint density at radius 1 is 1.53 bits per heavy atom. The number of hydrogen-bond acceptors (Lipinski definition) is 5. The molecule has 0 saturated heterocycles. The van der Waals surface area contributed by atoms with Crippen molar-refractivity contribution < 1.29 is 8.42 Å². The quantitative estimate of drug-likeness (QED) is 0.651. The molecule has 0 spiro atoms. The predicted molar refractivity (Wildman–Crippen MR) is 68.6 cm³/mol. The van der Waals surface area contributed by atoms with Gasteiger partial charge in [-0.3, -0.25) is 9.78 Å². The number of nitrogens with zero attached hydrogens (tertiary/aromatic N) is 3. The van der Waals surface area contributed by atoms with Gasteiger partial charge in [0.05, 0.1) is 6.54 Å². The lowest BCUT2D eigenvalue weighted by Crippen LogP contribution is -2.29. The minimum absolute atomic E-state index is 0.0343. The third kappa shape index (κ3) is 3.00. The van der Waals surface area contributed by atoms with E-state index in [1.807, 2.05) is 0 Å². The van der Waals surface area contributed by atoms with Crippen molar-refractivity contribution >= 4 is 10.0 Å². The summed E-state index contributed by atoms with van der Waals surface area (Å²) in [5, 5.41) is 10.4. The summed E-state index contributed by atoms with van der Waals surface area (Å²) in [6.07, 6.45) is 3.40. The second-order valence-corrected chi connectivity index (χ2v) is 5.69. The van der Waals surface area contributed by atoms with Crippen LogP contribution in [0.2, 0.25) is 0 Å². The average Bonchev–Trinajstić information content (AvgIpc) is 2.98. The third-order valence-corrected chi connectivity index (χ3v) is 4.12. The molecule has 0 radical (unpaired) electrons. The molecule has 2 aromatic heterocycles. The van der Waals surface area contributed by atoms with Gasteiger partial charge in [-0.2, -0.15) is 10.2 Å². The fourth-order valence-electron chi connectivity index (χ4n) is 1.69. The van der Waals surface area contributed by atoms with Gasteiger partial charge >= 0.3 is 0 Å². The number of aryl methyl sites for hydroxylation is 1. The van der Waals surface area contributed by atoms with Crippen LogP contribution in [0.5, 0.6) is 0 Å². The van der Waals surface area contributed by atoms with E-state index >= 15 is 0 Å². The van der Waals surface area contributed by atoms with E-state index in [-0.39, 0.29) is 18.1 Å². The molecule has 2 rings (SSSR count). The minimum Gasteiger partial charge on any atom is -0.326 e. The summed E-state index contributed by atoms with van der Waals surface area (Å²) >= 11 is 0. The van der Waals surface area contributed by atoms with Crippen LogP contribution in [0.1, 0.15) is 11.3 Å². The number of nitrogens with one attached hydrogen (secondary N) is 2. The fourth-order valence-corrected chi connectivity index (χ4v) is 2.91. The van der Waals surface area contributed by atoms with Crippen molar-refractivity contribution in [3.05, 3.63) is 29.7 Å². The van der Waals surface area contributed by atoms with Crippen molar-refractivity contribution in [2.75, 3.05) is 6.54 Å². The summed E-state index contributed by atoms with van der Waals surface area (Å²) in [5.41, 5.74) is 6.70. The van der Waals surface area contributed by atoms with E-state index in [0.717, 1.165) is 0 Å². The molecule has 0 aromatic carbocycles. The van der Waals surface area contributed by atoms with Gasteiger partial charge in [-0.15, -0.1) is 0 Å². The first-order valence-electron chi connectivity index (χ1n) is 5.75. The SMILES string of the molecule is Cc1[nH]nc(S(=O)(=O)NCCn2cccn2)c1CN. The van der Waals surface area contributed by atoms with E-state index in [1.54, 1.807) is 30.1 Å². The van der Waals surface area contributed by atoms with E-state index in [4.69, 9.17) is 5.73 Å². The molecule has 19 heavy (non-hydrogen) atoms. The maximum Gasteiger partial charge on any atom is 0.260 e. The van der Waals surface area contributed by atoms with Gasteiger partial charge in [0.15, 0.2) is 5.03 Å². The molecular weight excluding hydrogens is 268 g/mol. The second kappa shape index (κ2) is 5.51. The molecule has 104 valence electrons. The zero-order chi connectivity index (χ0) is 13.9. The number of aromatic nitrogens is 4. The Bertz CT molecular complexity index is 631. The summed E-state index contributed by atoms with van der Waals surface area (Å²) in [7, 11) is -3.65. The van der Waals surface area contributed by atoms with Crippen LogP contribution in [0, 0.1) is 6.92 Å². The molecule has 2 aromatic rings. The van der Waals surface area contributed by atoms with Gasteiger partial charge in [-0.1, -0.05) is 0 Å². The molecule has 0 fully saturated rings. The van der Waals surface area contributed by atoms with Crippen LogP contribution < -0.4 is 10.5 Å². The van der Waals surface area contributed by atoms with E-state index in [2.05, 4.69) is 20.0 Å². The highest BCUT2D eigenvalue weighted by atomic mass is 32.2. The molecule has 0 aliphatic rings. The molecule has 0 aliphatic carbocycles. The van der Waals surface area contributed by atoms with Crippen molar-refractivity contribution in [1.82, 2.24) is 24.7 Å². The normalized spacial score (nSPS) is 11.9. The number of nitrogens with two attached hydrogens (primary N) is 1. The second-order valence-electron chi connectivity index (χ2n) is 4.00. The Kier molecular flexibility index (Phi) is 3.98. The molecule has 0 bridgehead atoms. The molecule has 0 amide bonds. The molecule has 4 N–H and O–H groups in total. The molecular formula is C10H16N6O2S. The molecule has 2 heterocycles. The number of rotatable bonds is 6. The van der Waals surface area contributed by atoms with Crippen LogP contribution in [-0.4, -0.2) is 34.9 Å². The Morgan fingerprint density at radius 2 is 2.32 bits per heavy atom. The zero-order valence-corrected chi connectivity index (χ0v) is 11.3. The van der Waals surface area contributed by atoms with Gasteiger partial charge in [0.25, 0.3) is 10.0 Å². The Morgan fingerprint density at radius 3 is 2.95 bits per heavy atom. The van der Waals surface area contributed by atoms with Crippen LogP contribution in [0.4, 0.5) is 0 Å². The summed E-state index contributed by atoms with van der Waals surface area (Å²) < 4.78 is 28.3. The molecule has 0 atom stereocenters. The topological polar surface area (TPSA) is 119 Å². The smallest absolute Gasteiger partial charge is 0.260 e. The Balaban J connectivity index is 2.05. The highest BCUT2D eigenvalue weighted by Crippen LogP contribution is 2.14. The van der Waals surface area contributed by atoms with E-state index in [0.29, 0.717) is 17.8 Å². The lowest BCUT2D eigenvalue weighted by Gasteiger charge is -2.06. The minimum atomic E-state index is -3.65. The molecule has 0 aliphatic heterocycles. The lowest BCUT2D eigenvalue weighted by atomic mass is 10.3. The molecule has 9 heteroatoms. The van der Waals surface area contributed by atoms with Crippen molar-refractivity contribution in [3.8, 4) is 0 Å². The van der Waals surface area contributed by atoms with Crippen molar-refractivity contribution in [1.29, 1.82) is 0 Å². The predicted octanol–water partition coefficient (Wildman–Crippen LogP) is -0.648. The Labute approximate surface area is 111 Å². The lowest BCUT2D eigenvalue weighted by molar-refractivity contribution is 0.556. The standard InChI is InChI=1S/C10H16N6O2S/c1-8-9(7-11)10(15-14-8)19(17,18)13-4-6-16-5-2-3-12-16/h2-3,5,13H,4,6-7,11H2,1H3,(H,14,15).